The van der Waals surface area contributed by atoms with Crippen LogP contribution in [0.15, 0.2) is 24.3 Å². The van der Waals surface area contributed by atoms with E-state index in [2.05, 4.69) is 12.2 Å². The number of nitrogens with one attached hydrogen (secondary N) is 1. The lowest BCUT2D eigenvalue weighted by Crippen LogP contribution is -2.39. The van der Waals surface area contributed by atoms with Crippen LogP contribution in [0.5, 0.6) is 0 Å². The Hall–Kier alpha value is -0.930. The van der Waals surface area contributed by atoms with Gasteiger partial charge in [-0.2, -0.15) is 0 Å². The Morgan fingerprint density at radius 3 is 2.79 bits per heavy atom. The van der Waals surface area contributed by atoms with Crippen molar-refractivity contribution in [2.75, 3.05) is 13.2 Å². The predicted molar refractivity (Wildman–Crippen MR) is 75.6 cm³/mol. The standard InChI is InChI=1S/C16H24FNO/c1-2-3-6-16(13-7-9-14(17)10-8-13)18-15-5-4-11-19-12-15/h7-10,15-16,18H,2-6,11-12H2,1H3. The molecule has 1 aromatic rings. The zero-order valence-corrected chi connectivity index (χ0v) is 11.7. The molecule has 0 bridgehead atoms. The fraction of sp³-hybridized carbons (Fsp3) is 0.625. The fourth-order valence-corrected chi connectivity index (χ4v) is 2.61. The molecule has 1 fully saturated rings. The molecule has 19 heavy (non-hydrogen) atoms. The van der Waals surface area contributed by atoms with E-state index in [1.165, 1.54) is 24.8 Å². The molecule has 2 atom stereocenters. The molecule has 3 heteroatoms. The summed E-state index contributed by atoms with van der Waals surface area (Å²) in [6.07, 6.45) is 5.76. The van der Waals surface area contributed by atoms with Gasteiger partial charge in [0.15, 0.2) is 0 Å². The molecule has 0 aliphatic carbocycles. The fourth-order valence-electron chi connectivity index (χ4n) is 2.61. The van der Waals surface area contributed by atoms with E-state index in [1.807, 2.05) is 12.1 Å². The number of hydrogen-bond donors (Lipinski definition) is 1. The van der Waals surface area contributed by atoms with Crippen LogP contribution in [-0.2, 0) is 4.74 Å². The number of hydrogen-bond acceptors (Lipinski definition) is 2. The Morgan fingerprint density at radius 1 is 1.37 bits per heavy atom. The molecule has 1 aromatic carbocycles. The maximum Gasteiger partial charge on any atom is 0.123 e. The molecule has 1 aliphatic rings. The van der Waals surface area contributed by atoms with Crippen molar-refractivity contribution in [3.63, 3.8) is 0 Å². The lowest BCUT2D eigenvalue weighted by Gasteiger charge is -2.29. The summed E-state index contributed by atoms with van der Waals surface area (Å²) in [4.78, 5) is 0. The molecular weight excluding hydrogens is 241 g/mol. The van der Waals surface area contributed by atoms with Gasteiger partial charge >= 0.3 is 0 Å². The van der Waals surface area contributed by atoms with Gasteiger partial charge in [0.05, 0.1) is 6.61 Å². The van der Waals surface area contributed by atoms with Crippen molar-refractivity contribution in [1.29, 1.82) is 0 Å². The number of rotatable bonds is 6. The van der Waals surface area contributed by atoms with Crippen LogP contribution in [0.1, 0.15) is 50.6 Å². The van der Waals surface area contributed by atoms with Crippen LogP contribution in [0.25, 0.3) is 0 Å². The van der Waals surface area contributed by atoms with E-state index in [9.17, 15) is 4.39 Å². The molecule has 2 rings (SSSR count). The maximum atomic E-state index is 13.0. The van der Waals surface area contributed by atoms with Crippen LogP contribution in [0, 0.1) is 5.82 Å². The summed E-state index contributed by atoms with van der Waals surface area (Å²) in [5.74, 6) is -0.168. The Morgan fingerprint density at radius 2 is 2.16 bits per heavy atom. The second-order valence-electron chi connectivity index (χ2n) is 5.33. The first-order chi connectivity index (χ1) is 9.29. The van der Waals surface area contributed by atoms with Crippen molar-refractivity contribution in [3.8, 4) is 0 Å². The van der Waals surface area contributed by atoms with Crippen molar-refractivity contribution >= 4 is 0 Å². The lowest BCUT2D eigenvalue weighted by atomic mass is 9.99. The topological polar surface area (TPSA) is 21.3 Å². The molecule has 1 aliphatic heterocycles. The highest BCUT2D eigenvalue weighted by Gasteiger charge is 2.19. The molecule has 2 unspecified atom stereocenters. The second kappa shape index (κ2) is 7.61. The van der Waals surface area contributed by atoms with Gasteiger partial charge in [-0.05, 0) is 37.0 Å². The Bertz CT molecular complexity index is 360. The summed E-state index contributed by atoms with van der Waals surface area (Å²) in [7, 11) is 0. The SMILES string of the molecule is CCCCC(NC1CCCOC1)c1ccc(F)cc1. The molecule has 1 N–H and O–H groups in total. The number of ether oxygens (including phenoxy) is 1. The number of benzene rings is 1. The van der Waals surface area contributed by atoms with Crippen molar-refractivity contribution in [2.24, 2.45) is 0 Å². The van der Waals surface area contributed by atoms with Gasteiger partial charge in [0.25, 0.3) is 0 Å². The Kier molecular flexibility index (Phi) is 5.80. The van der Waals surface area contributed by atoms with Crippen molar-refractivity contribution in [3.05, 3.63) is 35.6 Å². The molecular formula is C16H24FNO. The third-order valence-corrected chi connectivity index (χ3v) is 3.72. The van der Waals surface area contributed by atoms with Gasteiger partial charge in [-0.3, -0.25) is 0 Å². The quantitative estimate of drug-likeness (QED) is 0.844. The zero-order chi connectivity index (χ0) is 13.5. The molecule has 0 amide bonds. The molecule has 1 saturated heterocycles. The van der Waals surface area contributed by atoms with Crippen LogP contribution in [-0.4, -0.2) is 19.3 Å². The average Bonchev–Trinajstić information content (AvgIpc) is 2.45. The van der Waals surface area contributed by atoms with Gasteiger partial charge in [-0.1, -0.05) is 31.9 Å². The minimum atomic E-state index is -0.168. The predicted octanol–water partition coefficient (Wildman–Crippen LogP) is 3.83. The van der Waals surface area contributed by atoms with Crippen LogP contribution in [0.3, 0.4) is 0 Å². The van der Waals surface area contributed by atoms with Crippen LogP contribution in [0.2, 0.25) is 0 Å². The third kappa shape index (κ3) is 4.59. The van der Waals surface area contributed by atoms with Crippen molar-refractivity contribution < 1.29 is 9.13 Å². The van der Waals surface area contributed by atoms with Gasteiger partial charge in [-0.15, -0.1) is 0 Å². The highest BCUT2D eigenvalue weighted by Crippen LogP contribution is 2.22. The molecule has 0 saturated carbocycles. The zero-order valence-electron chi connectivity index (χ0n) is 11.7. The van der Waals surface area contributed by atoms with E-state index in [1.54, 1.807) is 12.1 Å². The summed E-state index contributed by atoms with van der Waals surface area (Å²) < 4.78 is 18.5. The molecule has 106 valence electrons. The van der Waals surface area contributed by atoms with E-state index in [0.29, 0.717) is 12.1 Å². The molecule has 1 heterocycles. The van der Waals surface area contributed by atoms with Crippen LogP contribution in [0.4, 0.5) is 4.39 Å². The van der Waals surface area contributed by atoms with Crippen LogP contribution >= 0.6 is 0 Å². The molecule has 0 spiro atoms. The number of unbranched alkanes of at least 4 members (excludes halogenated alkanes) is 1. The summed E-state index contributed by atoms with van der Waals surface area (Å²) in [6, 6.07) is 7.63. The maximum absolute atomic E-state index is 13.0. The van der Waals surface area contributed by atoms with Gasteiger partial charge in [-0.25, -0.2) is 4.39 Å². The largest absolute Gasteiger partial charge is 0.380 e. The summed E-state index contributed by atoms with van der Waals surface area (Å²) in [5, 5.41) is 3.68. The first kappa shape index (κ1) is 14.5. The van der Waals surface area contributed by atoms with E-state index in [-0.39, 0.29) is 5.82 Å². The third-order valence-electron chi connectivity index (χ3n) is 3.72. The first-order valence-corrected chi connectivity index (χ1v) is 7.39. The van der Waals surface area contributed by atoms with E-state index >= 15 is 0 Å². The minimum Gasteiger partial charge on any atom is -0.380 e. The van der Waals surface area contributed by atoms with Crippen LogP contribution < -0.4 is 5.32 Å². The Balaban J connectivity index is 1.99. The highest BCUT2D eigenvalue weighted by molar-refractivity contribution is 5.20. The lowest BCUT2D eigenvalue weighted by molar-refractivity contribution is 0.0657. The normalized spacial score (nSPS) is 21.3. The Labute approximate surface area is 115 Å². The highest BCUT2D eigenvalue weighted by atomic mass is 19.1. The molecule has 0 aromatic heterocycles. The van der Waals surface area contributed by atoms with Gasteiger partial charge < -0.3 is 10.1 Å². The summed E-state index contributed by atoms with van der Waals surface area (Å²) in [5.41, 5.74) is 1.18. The first-order valence-electron chi connectivity index (χ1n) is 7.39. The van der Waals surface area contributed by atoms with Gasteiger partial charge in [0.1, 0.15) is 5.82 Å². The molecule has 0 radical (unpaired) electrons. The number of halogens is 1. The van der Waals surface area contributed by atoms with E-state index in [0.717, 1.165) is 26.1 Å². The van der Waals surface area contributed by atoms with Gasteiger partial charge in [0.2, 0.25) is 0 Å². The second-order valence-corrected chi connectivity index (χ2v) is 5.33. The minimum absolute atomic E-state index is 0.168. The van der Waals surface area contributed by atoms with E-state index < -0.39 is 0 Å². The van der Waals surface area contributed by atoms with Gasteiger partial charge in [0, 0.05) is 18.7 Å². The monoisotopic (exact) mass is 265 g/mol. The average molecular weight is 265 g/mol. The smallest absolute Gasteiger partial charge is 0.123 e. The van der Waals surface area contributed by atoms with Crippen molar-refractivity contribution in [1.82, 2.24) is 5.32 Å². The van der Waals surface area contributed by atoms with E-state index in [4.69, 9.17) is 4.74 Å². The molecule has 2 nitrogen and oxygen atoms in total. The summed E-state index contributed by atoms with van der Waals surface area (Å²) in [6.45, 7) is 3.88. The summed E-state index contributed by atoms with van der Waals surface area (Å²) >= 11 is 0. The van der Waals surface area contributed by atoms with Crippen molar-refractivity contribution in [2.45, 2.75) is 51.1 Å².